The number of halogens is 1. The molecule has 0 spiro atoms. The summed E-state index contributed by atoms with van der Waals surface area (Å²) in [7, 11) is 1.00. The first-order chi connectivity index (χ1) is 9.49. The third-order valence-corrected chi connectivity index (χ3v) is 3.50. The Bertz CT molecular complexity index is 458. The zero-order valence-corrected chi connectivity index (χ0v) is 13.6. The van der Waals surface area contributed by atoms with E-state index in [2.05, 4.69) is 6.92 Å². The molecule has 0 unspecified atom stereocenters. The first-order valence-electron chi connectivity index (χ1n) is 6.61. The van der Waals surface area contributed by atoms with Gasteiger partial charge in [-0.3, -0.25) is 0 Å². The van der Waals surface area contributed by atoms with Crippen LogP contribution in [0.1, 0.15) is 37.5 Å². The van der Waals surface area contributed by atoms with E-state index in [1.807, 2.05) is 20.8 Å². The molecule has 4 nitrogen and oxygen atoms in total. The van der Waals surface area contributed by atoms with Gasteiger partial charge < -0.3 is 21.0 Å². The van der Waals surface area contributed by atoms with Crippen LogP contribution in [0.15, 0.2) is 6.07 Å². The molecule has 5 heteroatoms. The number of aliphatic hydroxyl groups excluding tert-OH is 1. The number of hydrogen-bond acceptors (Lipinski definition) is 4. The van der Waals surface area contributed by atoms with Crippen molar-refractivity contribution in [3.63, 3.8) is 0 Å². The molecule has 1 fully saturated rings. The molecular formula is C15H25ClN2O2. The topological polar surface area (TPSA) is 79.3 Å². The maximum absolute atomic E-state index is 7.39. The second-order valence-electron chi connectivity index (χ2n) is 4.56. The van der Waals surface area contributed by atoms with Crippen LogP contribution in [0.4, 0.5) is 5.69 Å². The van der Waals surface area contributed by atoms with E-state index < -0.39 is 0 Å². The predicted octanol–water partition coefficient (Wildman–Crippen LogP) is 3.15. The molecule has 1 aliphatic rings. The predicted molar refractivity (Wildman–Crippen MR) is 86.1 cm³/mol. The summed E-state index contributed by atoms with van der Waals surface area (Å²) in [6.07, 6.45) is 1.29. The minimum atomic E-state index is -0.0351. The third kappa shape index (κ3) is 3.51. The van der Waals surface area contributed by atoms with Crippen molar-refractivity contribution >= 4 is 23.5 Å². The molecule has 1 aromatic rings. The molecule has 0 saturated carbocycles. The van der Waals surface area contributed by atoms with Crippen molar-refractivity contribution in [1.29, 1.82) is 5.41 Å². The molecule has 0 radical (unpaired) electrons. The molecule has 0 aromatic heterocycles. The largest absolute Gasteiger partial charge is 0.400 e. The van der Waals surface area contributed by atoms with E-state index in [9.17, 15) is 0 Å². The van der Waals surface area contributed by atoms with Crippen molar-refractivity contribution in [2.24, 2.45) is 0 Å². The Morgan fingerprint density at radius 3 is 2.25 bits per heavy atom. The van der Waals surface area contributed by atoms with E-state index >= 15 is 0 Å². The third-order valence-electron chi connectivity index (χ3n) is 3.20. The van der Waals surface area contributed by atoms with Crippen molar-refractivity contribution in [2.45, 2.75) is 33.1 Å². The van der Waals surface area contributed by atoms with E-state index in [0.29, 0.717) is 23.9 Å². The number of rotatable bonds is 2. The van der Waals surface area contributed by atoms with Gasteiger partial charge in [-0.15, -0.1) is 0 Å². The van der Waals surface area contributed by atoms with Crippen LogP contribution in [-0.4, -0.2) is 31.6 Å². The SMILES string of the molecule is CC.CO.Cc1c(C=N)c(N)cc(Cl)c1C1(C)COC1. The van der Waals surface area contributed by atoms with Crippen molar-refractivity contribution < 1.29 is 9.84 Å². The maximum Gasteiger partial charge on any atom is 0.0583 e. The van der Waals surface area contributed by atoms with Gasteiger partial charge in [-0.1, -0.05) is 32.4 Å². The summed E-state index contributed by atoms with van der Waals surface area (Å²) in [6, 6.07) is 1.73. The maximum atomic E-state index is 7.39. The van der Waals surface area contributed by atoms with Gasteiger partial charge in [0, 0.05) is 35.0 Å². The van der Waals surface area contributed by atoms with Gasteiger partial charge in [0.05, 0.1) is 13.2 Å². The van der Waals surface area contributed by atoms with Gasteiger partial charge in [0.15, 0.2) is 0 Å². The van der Waals surface area contributed by atoms with Gasteiger partial charge in [0.2, 0.25) is 0 Å². The number of nitrogens with one attached hydrogen (secondary N) is 1. The number of nitrogens with two attached hydrogens (primary N) is 1. The minimum Gasteiger partial charge on any atom is -0.400 e. The Hall–Kier alpha value is -1.10. The van der Waals surface area contributed by atoms with Gasteiger partial charge in [0.25, 0.3) is 0 Å². The fourth-order valence-electron chi connectivity index (χ4n) is 2.30. The van der Waals surface area contributed by atoms with Crippen molar-refractivity contribution in [3.8, 4) is 0 Å². The molecular weight excluding hydrogens is 276 g/mol. The fraction of sp³-hybridized carbons (Fsp3) is 0.533. The van der Waals surface area contributed by atoms with Crippen LogP contribution < -0.4 is 5.73 Å². The Labute approximate surface area is 126 Å². The lowest BCUT2D eigenvalue weighted by Crippen LogP contribution is -2.44. The lowest BCUT2D eigenvalue weighted by atomic mass is 9.77. The van der Waals surface area contributed by atoms with Gasteiger partial charge in [-0.05, 0) is 24.1 Å². The zero-order valence-electron chi connectivity index (χ0n) is 12.9. The first-order valence-corrected chi connectivity index (χ1v) is 6.99. The van der Waals surface area contributed by atoms with Gasteiger partial charge in [0.1, 0.15) is 0 Å². The molecule has 1 aliphatic heterocycles. The molecule has 20 heavy (non-hydrogen) atoms. The fourth-order valence-corrected chi connectivity index (χ4v) is 2.79. The van der Waals surface area contributed by atoms with Crippen LogP contribution in [-0.2, 0) is 10.2 Å². The molecule has 0 atom stereocenters. The molecule has 2 rings (SSSR count). The highest BCUT2D eigenvalue weighted by molar-refractivity contribution is 6.32. The van der Waals surface area contributed by atoms with Gasteiger partial charge in [-0.25, -0.2) is 0 Å². The monoisotopic (exact) mass is 300 g/mol. The van der Waals surface area contributed by atoms with Gasteiger partial charge in [-0.2, -0.15) is 0 Å². The number of hydrogen-bond donors (Lipinski definition) is 3. The van der Waals surface area contributed by atoms with E-state index in [0.717, 1.165) is 23.8 Å². The molecule has 1 aromatic carbocycles. The number of aliphatic hydroxyl groups is 1. The van der Waals surface area contributed by atoms with E-state index in [1.165, 1.54) is 6.21 Å². The van der Waals surface area contributed by atoms with Crippen LogP contribution in [0.25, 0.3) is 0 Å². The summed E-state index contributed by atoms with van der Waals surface area (Å²) in [4.78, 5) is 0. The first kappa shape index (κ1) is 18.9. The second-order valence-corrected chi connectivity index (χ2v) is 4.97. The van der Waals surface area contributed by atoms with E-state index in [-0.39, 0.29) is 5.41 Å². The van der Waals surface area contributed by atoms with E-state index in [4.69, 9.17) is 32.6 Å². The van der Waals surface area contributed by atoms with Crippen molar-refractivity contribution in [2.75, 3.05) is 26.1 Å². The summed E-state index contributed by atoms with van der Waals surface area (Å²) < 4.78 is 5.26. The van der Waals surface area contributed by atoms with Crippen LogP contribution in [0, 0.1) is 12.3 Å². The van der Waals surface area contributed by atoms with E-state index in [1.54, 1.807) is 6.07 Å². The quantitative estimate of drug-likeness (QED) is 0.580. The van der Waals surface area contributed by atoms with Crippen LogP contribution in [0.5, 0.6) is 0 Å². The highest BCUT2D eigenvalue weighted by Crippen LogP contribution is 2.40. The molecule has 4 N–H and O–H groups in total. The number of anilines is 1. The average Bonchev–Trinajstić information content (AvgIpc) is 2.41. The average molecular weight is 301 g/mol. The Balaban J connectivity index is 0.000000829. The van der Waals surface area contributed by atoms with Crippen LogP contribution in [0.2, 0.25) is 5.02 Å². The van der Waals surface area contributed by atoms with Crippen molar-refractivity contribution in [1.82, 2.24) is 0 Å². The second kappa shape index (κ2) is 8.25. The Morgan fingerprint density at radius 2 is 1.90 bits per heavy atom. The van der Waals surface area contributed by atoms with Gasteiger partial charge >= 0.3 is 0 Å². The lowest BCUT2D eigenvalue weighted by molar-refractivity contribution is -0.0502. The molecule has 0 amide bonds. The standard InChI is InChI=1S/C12H15ClN2O.C2H6.CH4O/c1-7-8(4-14)10(15)3-9(13)11(7)12(2)5-16-6-12;2*1-2/h3-4,14H,5-6,15H2,1-2H3;1-2H3;2H,1H3. The normalized spacial score (nSPS) is 14.9. The summed E-state index contributed by atoms with van der Waals surface area (Å²) in [5.41, 5.74) is 9.17. The van der Waals surface area contributed by atoms with Crippen molar-refractivity contribution in [3.05, 3.63) is 27.8 Å². The highest BCUT2D eigenvalue weighted by atomic mass is 35.5. The number of benzene rings is 1. The highest BCUT2D eigenvalue weighted by Gasteiger charge is 2.38. The van der Waals surface area contributed by atoms with Crippen LogP contribution in [0.3, 0.4) is 0 Å². The molecule has 114 valence electrons. The number of nitrogen functional groups attached to an aromatic ring is 1. The number of ether oxygens (including phenoxy) is 1. The molecule has 0 bridgehead atoms. The molecule has 1 heterocycles. The summed E-state index contributed by atoms with van der Waals surface area (Å²) in [6.45, 7) is 9.43. The smallest absolute Gasteiger partial charge is 0.0583 e. The molecule has 1 saturated heterocycles. The molecule has 0 aliphatic carbocycles. The zero-order chi connectivity index (χ0) is 15.9. The summed E-state index contributed by atoms with van der Waals surface area (Å²) >= 11 is 6.25. The van der Waals surface area contributed by atoms with Crippen LogP contribution >= 0.6 is 11.6 Å². The Morgan fingerprint density at radius 1 is 1.40 bits per heavy atom. The Kier molecular flexibility index (Phi) is 7.79. The summed E-state index contributed by atoms with van der Waals surface area (Å²) in [5, 5.41) is 15.1. The lowest BCUT2D eigenvalue weighted by Gasteiger charge is -2.40. The summed E-state index contributed by atoms with van der Waals surface area (Å²) in [5.74, 6) is 0. The minimum absolute atomic E-state index is 0.0351.